The molecular weight excluding hydrogens is 244 g/mol. The van der Waals surface area contributed by atoms with Gasteiger partial charge in [-0.15, -0.1) is 0 Å². The van der Waals surface area contributed by atoms with Crippen molar-refractivity contribution in [2.24, 2.45) is 5.92 Å². The van der Waals surface area contributed by atoms with E-state index in [0.29, 0.717) is 5.92 Å². The number of fused-ring (bicyclic) bond motifs is 1. The molecule has 1 aromatic rings. The van der Waals surface area contributed by atoms with Crippen molar-refractivity contribution in [1.29, 1.82) is 0 Å². The summed E-state index contributed by atoms with van der Waals surface area (Å²) in [6.45, 7) is 3.14. The molecule has 1 aliphatic carbocycles. The molecule has 5 nitrogen and oxygen atoms in total. The van der Waals surface area contributed by atoms with Crippen LogP contribution < -0.4 is 5.32 Å². The SMILES string of the molecule is C[C@]12CCC[C@H]1CN[C@H](c1ccc([N+](=O)[O-])cc1)O2. The molecule has 0 amide bonds. The minimum Gasteiger partial charge on any atom is -0.353 e. The van der Waals surface area contributed by atoms with Crippen LogP contribution in [0.15, 0.2) is 24.3 Å². The van der Waals surface area contributed by atoms with E-state index in [1.165, 1.54) is 25.0 Å². The Morgan fingerprint density at radius 3 is 2.84 bits per heavy atom. The van der Waals surface area contributed by atoms with Crippen LogP contribution >= 0.6 is 0 Å². The minimum absolute atomic E-state index is 0.0440. The average molecular weight is 262 g/mol. The van der Waals surface area contributed by atoms with E-state index in [2.05, 4.69) is 12.2 Å². The standard InChI is InChI=1S/C14H18N2O3/c1-14-8-2-3-11(14)9-15-13(19-14)10-4-6-12(7-5-10)16(17)18/h4-7,11,13,15H,2-3,8-9H2,1H3/t11-,13-,14-/m0/s1. The van der Waals surface area contributed by atoms with Crippen LogP contribution in [-0.4, -0.2) is 17.1 Å². The highest BCUT2D eigenvalue weighted by molar-refractivity contribution is 5.33. The lowest BCUT2D eigenvalue weighted by molar-refractivity contribution is -0.384. The molecule has 2 fully saturated rings. The largest absolute Gasteiger partial charge is 0.353 e. The Hall–Kier alpha value is -1.46. The number of hydrogen-bond acceptors (Lipinski definition) is 4. The van der Waals surface area contributed by atoms with Crippen LogP contribution in [0.4, 0.5) is 5.69 Å². The molecule has 1 N–H and O–H groups in total. The Morgan fingerprint density at radius 2 is 2.16 bits per heavy atom. The summed E-state index contributed by atoms with van der Waals surface area (Å²) in [5.41, 5.74) is 1.03. The van der Waals surface area contributed by atoms with Crippen molar-refractivity contribution < 1.29 is 9.66 Å². The van der Waals surface area contributed by atoms with Crippen molar-refractivity contribution in [1.82, 2.24) is 5.32 Å². The van der Waals surface area contributed by atoms with Crippen LogP contribution in [0.25, 0.3) is 0 Å². The second-order valence-electron chi connectivity index (χ2n) is 5.66. The van der Waals surface area contributed by atoms with Crippen molar-refractivity contribution in [3.63, 3.8) is 0 Å². The Labute approximate surface area is 112 Å². The summed E-state index contributed by atoms with van der Waals surface area (Å²) in [5, 5.41) is 14.0. The van der Waals surface area contributed by atoms with Crippen LogP contribution in [-0.2, 0) is 4.74 Å². The molecule has 1 heterocycles. The third-order valence-electron chi connectivity index (χ3n) is 4.43. The number of hydrogen-bond donors (Lipinski definition) is 1. The number of nitro benzene ring substituents is 1. The van der Waals surface area contributed by atoms with Crippen molar-refractivity contribution in [3.05, 3.63) is 39.9 Å². The summed E-state index contributed by atoms with van der Waals surface area (Å²) in [5.74, 6) is 0.585. The molecule has 3 rings (SSSR count). The smallest absolute Gasteiger partial charge is 0.269 e. The van der Waals surface area contributed by atoms with Gasteiger partial charge in [0.25, 0.3) is 5.69 Å². The number of non-ortho nitro benzene ring substituents is 1. The maximum atomic E-state index is 10.6. The molecule has 1 saturated heterocycles. The van der Waals surface area contributed by atoms with Crippen LogP contribution in [0.5, 0.6) is 0 Å². The van der Waals surface area contributed by atoms with E-state index in [9.17, 15) is 10.1 Å². The van der Waals surface area contributed by atoms with E-state index in [0.717, 1.165) is 18.5 Å². The molecule has 1 aromatic carbocycles. The first-order valence-corrected chi connectivity index (χ1v) is 6.74. The molecule has 2 aliphatic rings. The molecule has 0 radical (unpaired) electrons. The van der Waals surface area contributed by atoms with Crippen LogP contribution in [0, 0.1) is 16.0 Å². The van der Waals surface area contributed by atoms with Gasteiger partial charge >= 0.3 is 0 Å². The van der Waals surface area contributed by atoms with E-state index < -0.39 is 0 Å². The number of ether oxygens (including phenoxy) is 1. The van der Waals surface area contributed by atoms with Crippen molar-refractivity contribution in [2.75, 3.05) is 6.54 Å². The normalized spacial score (nSPS) is 33.9. The molecular formula is C14H18N2O3. The number of rotatable bonds is 2. The molecule has 0 bridgehead atoms. The lowest BCUT2D eigenvalue weighted by Gasteiger charge is -2.41. The zero-order valence-corrected chi connectivity index (χ0v) is 11.0. The van der Waals surface area contributed by atoms with E-state index >= 15 is 0 Å². The predicted octanol–water partition coefficient (Wildman–Crippen LogP) is 2.77. The lowest BCUT2D eigenvalue weighted by atomic mass is 9.90. The lowest BCUT2D eigenvalue weighted by Crippen LogP contribution is -2.48. The number of nitro groups is 1. The molecule has 5 heteroatoms. The second kappa shape index (κ2) is 4.58. The topological polar surface area (TPSA) is 64.4 Å². The summed E-state index contributed by atoms with van der Waals surface area (Å²) in [6, 6.07) is 6.61. The second-order valence-corrected chi connectivity index (χ2v) is 5.66. The van der Waals surface area contributed by atoms with E-state index in [4.69, 9.17) is 4.74 Å². The number of benzene rings is 1. The highest BCUT2D eigenvalue weighted by Gasteiger charge is 2.44. The van der Waals surface area contributed by atoms with Gasteiger partial charge in [0.05, 0.1) is 10.5 Å². The fourth-order valence-corrected chi connectivity index (χ4v) is 3.20. The van der Waals surface area contributed by atoms with Gasteiger partial charge in [-0.3, -0.25) is 15.4 Å². The summed E-state index contributed by atoms with van der Waals surface area (Å²) in [6.07, 6.45) is 3.38. The monoisotopic (exact) mass is 262 g/mol. The third kappa shape index (κ3) is 2.24. The molecule has 0 spiro atoms. The summed E-state index contributed by atoms with van der Waals surface area (Å²) >= 11 is 0. The highest BCUT2D eigenvalue weighted by Crippen LogP contribution is 2.43. The van der Waals surface area contributed by atoms with Gasteiger partial charge in [-0.2, -0.15) is 0 Å². The zero-order valence-electron chi connectivity index (χ0n) is 11.0. The van der Waals surface area contributed by atoms with Gasteiger partial charge in [-0.1, -0.05) is 6.42 Å². The van der Waals surface area contributed by atoms with Crippen molar-refractivity contribution in [3.8, 4) is 0 Å². The van der Waals surface area contributed by atoms with Crippen molar-refractivity contribution >= 4 is 5.69 Å². The van der Waals surface area contributed by atoms with Crippen LogP contribution in [0.1, 0.15) is 38.0 Å². The molecule has 1 saturated carbocycles. The number of nitrogens with one attached hydrogen (secondary N) is 1. The maximum absolute atomic E-state index is 10.6. The van der Waals surface area contributed by atoms with Gasteiger partial charge in [0, 0.05) is 24.6 Å². The van der Waals surface area contributed by atoms with Crippen LogP contribution in [0.3, 0.4) is 0 Å². The summed E-state index contributed by atoms with van der Waals surface area (Å²) < 4.78 is 6.20. The van der Waals surface area contributed by atoms with Crippen molar-refractivity contribution in [2.45, 2.75) is 38.0 Å². The van der Waals surface area contributed by atoms with Crippen LogP contribution in [0.2, 0.25) is 0 Å². The van der Waals surface area contributed by atoms with Gasteiger partial charge in [-0.25, -0.2) is 0 Å². The summed E-state index contributed by atoms with van der Waals surface area (Å²) in [4.78, 5) is 10.3. The molecule has 3 atom stereocenters. The fourth-order valence-electron chi connectivity index (χ4n) is 3.20. The maximum Gasteiger partial charge on any atom is 0.269 e. The van der Waals surface area contributed by atoms with Gasteiger partial charge in [0.2, 0.25) is 0 Å². The first kappa shape index (κ1) is 12.6. The molecule has 0 unspecified atom stereocenters. The Balaban J connectivity index is 1.77. The molecule has 1 aliphatic heterocycles. The minimum atomic E-state index is -0.382. The molecule has 19 heavy (non-hydrogen) atoms. The fraction of sp³-hybridized carbons (Fsp3) is 0.571. The number of nitrogens with zero attached hydrogens (tertiary/aromatic N) is 1. The van der Waals surface area contributed by atoms with Gasteiger partial charge in [-0.05, 0) is 37.5 Å². The Kier molecular flexibility index (Phi) is 3.03. The van der Waals surface area contributed by atoms with Gasteiger partial charge in [0.15, 0.2) is 0 Å². The average Bonchev–Trinajstić information content (AvgIpc) is 2.79. The van der Waals surface area contributed by atoms with E-state index in [-0.39, 0.29) is 22.4 Å². The Morgan fingerprint density at radius 1 is 1.42 bits per heavy atom. The Bertz CT molecular complexity index is 488. The quantitative estimate of drug-likeness (QED) is 0.657. The first-order valence-electron chi connectivity index (χ1n) is 6.74. The van der Waals surface area contributed by atoms with E-state index in [1.807, 2.05) is 0 Å². The zero-order chi connectivity index (χ0) is 13.5. The molecule has 0 aromatic heterocycles. The molecule has 102 valence electrons. The van der Waals surface area contributed by atoms with E-state index in [1.54, 1.807) is 12.1 Å². The van der Waals surface area contributed by atoms with Gasteiger partial charge in [0.1, 0.15) is 6.23 Å². The first-order chi connectivity index (χ1) is 9.08. The summed E-state index contributed by atoms with van der Waals surface area (Å²) in [7, 11) is 0. The highest BCUT2D eigenvalue weighted by atomic mass is 16.6. The van der Waals surface area contributed by atoms with Gasteiger partial charge < -0.3 is 4.74 Å². The third-order valence-corrected chi connectivity index (χ3v) is 4.43. The predicted molar refractivity (Wildman–Crippen MR) is 70.7 cm³/mol.